The van der Waals surface area contributed by atoms with Crippen molar-refractivity contribution >= 4 is 44.8 Å². The molecule has 11 nitrogen and oxygen atoms in total. The van der Waals surface area contributed by atoms with E-state index in [0.29, 0.717) is 69.4 Å². The number of carbonyl (C=O) groups excluding carboxylic acids is 1. The number of unbranched alkanes of at least 4 members (excludes halogenated alkanes) is 4. The van der Waals surface area contributed by atoms with Crippen molar-refractivity contribution in [2.24, 2.45) is 0 Å². The summed E-state index contributed by atoms with van der Waals surface area (Å²) in [5, 5.41) is 1.70. The number of ether oxygens (including phenoxy) is 4. The second-order valence-electron chi connectivity index (χ2n) is 15.8. The van der Waals surface area contributed by atoms with Gasteiger partial charge in [0.2, 0.25) is 0 Å². The first-order chi connectivity index (χ1) is 31.2. The first kappa shape index (κ1) is 46.5. The molecule has 2 heterocycles. The SMILES string of the molecule is CCCCc1cc(OC)cc(-c2cc(OC)cc(CCCC)c2Op2oc3c(CCCC)cc(OC)cc3c3cc(OC)cc(CCCC)c3o2)c1OP1OC(=O)c2ccccc2O1. The van der Waals surface area contributed by atoms with Crippen molar-refractivity contribution in [3.8, 4) is 51.4 Å². The predicted molar refractivity (Wildman–Crippen MR) is 255 cm³/mol. The first-order valence-corrected chi connectivity index (χ1v) is 24.6. The van der Waals surface area contributed by atoms with Gasteiger partial charge in [-0.2, -0.15) is 0 Å². The van der Waals surface area contributed by atoms with Crippen molar-refractivity contribution in [2.45, 2.75) is 105 Å². The Balaban J connectivity index is 1.52. The van der Waals surface area contributed by atoms with Gasteiger partial charge in [-0.05, 0) is 134 Å². The lowest BCUT2D eigenvalue weighted by Gasteiger charge is -2.26. The van der Waals surface area contributed by atoms with Gasteiger partial charge in [-0.15, -0.1) is 0 Å². The highest BCUT2D eigenvalue weighted by molar-refractivity contribution is 7.43. The van der Waals surface area contributed by atoms with E-state index in [2.05, 4.69) is 39.8 Å². The van der Waals surface area contributed by atoms with Crippen molar-refractivity contribution in [2.75, 3.05) is 28.4 Å². The van der Waals surface area contributed by atoms with Crippen LogP contribution in [0.25, 0.3) is 33.1 Å². The summed E-state index contributed by atoms with van der Waals surface area (Å²) in [4.78, 5) is 13.3. The summed E-state index contributed by atoms with van der Waals surface area (Å²) in [5.74, 6) is 3.64. The molecule has 0 spiro atoms. The third-order valence-corrected chi connectivity index (χ3v) is 13.4. The minimum atomic E-state index is -2.20. The average molecular weight is 911 g/mol. The zero-order valence-corrected chi connectivity index (χ0v) is 40.1. The fourth-order valence-electron chi connectivity index (χ4n) is 7.88. The van der Waals surface area contributed by atoms with Crippen molar-refractivity contribution in [3.63, 3.8) is 0 Å². The molecule has 64 heavy (non-hydrogen) atoms. The second-order valence-corrected chi connectivity index (χ2v) is 17.8. The number of hydrogen-bond acceptors (Lipinski definition) is 11. The topological polar surface area (TPSA) is 117 Å². The molecule has 1 aromatic heterocycles. The zero-order chi connectivity index (χ0) is 45.2. The van der Waals surface area contributed by atoms with Crippen molar-refractivity contribution in [1.29, 1.82) is 0 Å². The molecule has 0 N–H and O–H groups in total. The molecule has 1 aliphatic rings. The van der Waals surface area contributed by atoms with E-state index in [1.165, 1.54) is 0 Å². The van der Waals surface area contributed by atoms with Crippen LogP contribution in [0.15, 0.2) is 81.2 Å². The number of para-hydroxylation sites is 1. The van der Waals surface area contributed by atoms with Crippen LogP contribution in [-0.4, -0.2) is 34.4 Å². The van der Waals surface area contributed by atoms with Crippen molar-refractivity contribution in [3.05, 3.63) is 101 Å². The summed E-state index contributed by atoms with van der Waals surface area (Å²) in [6.45, 7) is 8.66. The van der Waals surface area contributed by atoms with E-state index < -0.39 is 22.8 Å². The van der Waals surface area contributed by atoms with Crippen LogP contribution in [0.3, 0.4) is 0 Å². The van der Waals surface area contributed by atoms with Crippen LogP contribution < -0.4 is 32.5 Å². The second kappa shape index (κ2) is 21.9. The molecule has 0 saturated heterocycles. The van der Waals surface area contributed by atoms with E-state index >= 15 is 0 Å². The third-order valence-electron chi connectivity index (χ3n) is 11.4. The highest BCUT2D eigenvalue weighted by Crippen LogP contribution is 2.54. The van der Waals surface area contributed by atoms with E-state index in [1.54, 1.807) is 46.6 Å². The van der Waals surface area contributed by atoms with Crippen molar-refractivity contribution < 1.29 is 50.2 Å². The van der Waals surface area contributed by atoms with Gasteiger partial charge in [0.05, 0.1) is 28.4 Å². The smallest absolute Gasteiger partial charge is 0.497 e. The summed E-state index contributed by atoms with van der Waals surface area (Å²) in [6.07, 6.45) is 10.4. The fourth-order valence-corrected chi connectivity index (χ4v) is 10.1. The molecule has 0 saturated carbocycles. The molecule has 7 rings (SSSR count). The molecular formula is C51H60O11P2. The third kappa shape index (κ3) is 10.4. The normalized spacial score (nSPS) is 13.2. The molecule has 0 amide bonds. The molecule has 0 radical (unpaired) electrons. The summed E-state index contributed by atoms with van der Waals surface area (Å²) in [6, 6.07) is 23.0. The lowest BCUT2D eigenvalue weighted by Crippen LogP contribution is -2.15. The minimum absolute atomic E-state index is 0.344. The Morgan fingerprint density at radius 2 is 0.906 bits per heavy atom. The van der Waals surface area contributed by atoms with Crippen LogP contribution >= 0.6 is 16.8 Å². The van der Waals surface area contributed by atoms with Crippen LogP contribution in [0, 0.1) is 0 Å². The average Bonchev–Trinajstić information content (AvgIpc) is 3.47. The van der Waals surface area contributed by atoms with E-state index in [0.717, 1.165) is 109 Å². The Kier molecular flexibility index (Phi) is 15.9. The van der Waals surface area contributed by atoms with Crippen LogP contribution in [0.4, 0.5) is 0 Å². The Morgan fingerprint density at radius 3 is 1.38 bits per heavy atom. The van der Waals surface area contributed by atoms with Crippen LogP contribution in [0.2, 0.25) is 0 Å². The van der Waals surface area contributed by atoms with E-state index in [4.69, 9.17) is 45.4 Å². The van der Waals surface area contributed by atoms with Crippen LogP contribution in [0.5, 0.6) is 40.2 Å². The fraction of sp³-hybridized carbons (Fsp3) is 0.392. The zero-order valence-electron chi connectivity index (χ0n) is 38.3. The summed E-state index contributed by atoms with van der Waals surface area (Å²) < 4.78 is 64.1. The summed E-state index contributed by atoms with van der Waals surface area (Å²) in [7, 11) is 2.32. The van der Waals surface area contributed by atoms with Crippen LogP contribution in [0.1, 0.15) is 112 Å². The van der Waals surface area contributed by atoms with Gasteiger partial charge in [0.25, 0.3) is 0 Å². The maximum Gasteiger partial charge on any atom is 0.532 e. The highest BCUT2D eigenvalue weighted by Gasteiger charge is 2.34. The number of carbonyl (C=O) groups is 1. The largest absolute Gasteiger partial charge is 0.532 e. The van der Waals surface area contributed by atoms with Gasteiger partial charge in [-0.3, -0.25) is 0 Å². The maximum absolute atomic E-state index is 13.3. The Labute approximate surface area is 378 Å². The Morgan fingerprint density at radius 1 is 0.484 bits per heavy atom. The number of benzene rings is 5. The maximum atomic E-state index is 13.3. The molecule has 0 fully saturated rings. The molecule has 1 atom stereocenters. The number of rotatable bonds is 21. The number of hydrogen-bond donors (Lipinski definition) is 0. The van der Waals surface area contributed by atoms with Gasteiger partial charge in [0.15, 0.2) is 0 Å². The molecule has 1 aliphatic heterocycles. The molecular weight excluding hydrogens is 850 g/mol. The summed E-state index contributed by atoms with van der Waals surface area (Å²) in [5.41, 5.74) is 6.79. The van der Waals surface area contributed by atoms with Gasteiger partial charge >= 0.3 is 22.8 Å². The molecule has 6 aromatic rings. The minimum Gasteiger partial charge on any atom is -0.497 e. The highest BCUT2D eigenvalue weighted by atomic mass is 31.2. The predicted octanol–water partition coefficient (Wildman–Crippen LogP) is 15.1. The number of methoxy groups -OCH3 is 4. The standard InChI is InChI=1S/C51H60O11P2/c1-9-13-19-33-25-37(53-5)29-42(47(33)58-63-57-46-24-18-17-23-41(46)51(52)62-63)43-30-38(54-6)26-34(20-14-10-2)48(43)59-64-60-49-35(21-15-11-3)27-39(55-7)31-44(49)45-32-40(56-8)28-36(22-16-12-4)50(45)61-64/h17-18,23-32H,9-16,19-22H2,1-8H3. The molecule has 0 bridgehead atoms. The Bertz CT molecular complexity index is 2540. The van der Waals surface area contributed by atoms with Gasteiger partial charge in [0.1, 0.15) is 57.0 Å². The monoisotopic (exact) mass is 910 g/mol. The molecule has 0 aliphatic carbocycles. The number of aryl methyl sites for hydroxylation is 4. The molecule has 1 unspecified atom stereocenters. The van der Waals surface area contributed by atoms with E-state index in [-0.39, 0.29) is 0 Å². The van der Waals surface area contributed by atoms with Gasteiger partial charge in [0, 0.05) is 21.9 Å². The van der Waals surface area contributed by atoms with Crippen LogP contribution in [-0.2, 0) is 30.2 Å². The summed E-state index contributed by atoms with van der Waals surface area (Å²) >= 11 is 0. The molecule has 5 aromatic carbocycles. The molecule has 340 valence electrons. The van der Waals surface area contributed by atoms with Gasteiger partial charge in [-0.25, -0.2) is 4.79 Å². The van der Waals surface area contributed by atoms with Gasteiger partial charge in [-0.1, -0.05) is 65.5 Å². The lowest BCUT2D eigenvalue weighted by molar-refractivity contribution is 0.0697. The Hall–Kier alpha value is -5.50. The van der Waals surface area contributed by atoms with Gasteiger partial charge < -0.3 is 45.4 Å². The lowest BCUT2D eigenvalue weighted by atomic mass is 9.94. The number of fused-ring (bicyclic) bond motifs is 4. The first-order valence-electron chi connectivity index (χ1n) is 22.4. The van der Waals surface area contributed by atoms with E-state index in [1.807, 2.05) is 42.5 Å². The quantitative estimate of drug-likeness (QED) is 0.0642. The van der Waals surface area contributed by atoms with Crippen molar-refractivity contribution in [1.82, 2.24) is 0 Å². The molecule has 13 heteroatoms. The van der Waals surface area contributed by atoms with E-state index in [9.17, 15) is 4.79 Å².